The van der Waals surface area contributed by atoms with Crippen LogP contribution in [0.3, 0.4) is 0 Å². The quantitative estimate of drug-likeness (QED) is 0.790. The van der Waals surface area contributed by atoms with Gasteiger partial charge in [0.2, 0.25) is 5.91 Å². The summed E-state index contributed by atoms with van der Waals surface area (Å²) in [7, 11) is 0. The Bertz CT molecular complexity index is 357. The van der Waals surface area contributed by atoms with Crippen molar-refractivity contribution in [1.29, 1.82) is 0 Å². The van der Waals surface area contributed by atoms with Gasteiger partial charge in [0.15, 0.2) is 0 Å². The van der Waals surface area contributed by atoms with E-state index in [0.717, 1.165) is 18.5 Å². The van der Waals surface area contributed by atoms with Crippen LogP contribution in [0.15, 0.2) is 18.5 Å². The number of rotatable bonds is 6. The van der Waals surface area contributed by atoms with Gasteiger partial charge in [-0.05, 0) is 24.0 Å². The van der Waals surface area contributed by atoms with Crippen molar-refractivity contribution in [3.8, 4) is 0 Å². The minimum Gasteiger partial charge on any atom is -0.355 e. The highest BCUT2D eigenvalue weighted by atomic mass is 16.1. The summed E-state index contributed by atoms with van der Waals surface area (Å²) in [6.07, 6.45) is 4.82. The number of aromatic nitrogens is 1. The molecule has 0 bridgehead atoms. The molecule has 0 radical (unpaired) electrons. The Labute approximate surface area is 103 Å². The van der Waals surface area contributed by atoms with E-state index in [1.54, 1.807) is 0 Å². The Kier molecular flexibility index (Phi) is 5.22. The summed E-state index contributed by atoms with van der Waals surface area (Å²) in [5, 5.41) is 2.85. The SMILES string of the molecule is CCCNC(=O)Cn1ccc(C(N)C(C)C)c1. The molecule has 1 amide bonds. The highest BCUT2D eigenvalue weighted by molar-refractivity contribution is 5.75. The first-order chi connectivity index (χ1) is 8.04. The average molecular weight is 237 g/mol. The van der Waals surface area contributed by atoms with Crippen molar-refractivity contribution in [2.75, 3.05) is 6.54 Å². The van der Waals surface area contributed by atoms with Gasteiger partial charge in [-0.2, -0.15) is 0 Å². The predicted molar refractivity (Wildman–Crippen MR) is 69.5 cm³/mol. The molecule has 1 heterocycles. The van der Waals surface area contributed by atoms with E-state index >= 15 is 0 Å². The van der Waals surface area contributed by atoms with E-state index < -0.39 is 0 Å². The van der Waals surface area contributed by atoms with E-state index in [9.17, 15) is 4.79 Å². The molecule has 0 aliphatic carbocycles. The number of carbonyl (C=O) groups excluding carboxylic acids is 1. The molecule has 0 aliphatic heterocycles. The van der Waals surface area contributed by atoms with Crippen LogP contribution in [-0.4, -0.2) is 17.0 Å². The molecule has 0 saturated heterocycles. The predicted octanol–water partition coefficient (Wildman–Crippen LogP) is 1.67. The molecular formula is C13H23N3O. The van der Waals surface area contributed by atoms with Crippen molar-refractivity contribution < 1.29 is 4.79 Å². The first-order valence-corrected chi connectivity index (χ1v) is 6.22. The van der Waals surface area contributed by atoms with Gasteiger partial charge in [0.25, 0.3) is 0 Å². The van der Waals surface area contributed by atoms with Crippen molar-refractivity contribution in [3.05, 3.63) is 24.0 Å². The molecule has 1 rings (SSSR count). The maximum absolute atomic E-state index is 11.5. The first-order valence-electron chi connectivity index (χ1n) is 6.22. The number of carbonyl (C=O) groups is 1. The van der Waals surface area contributed by atoms with Crippen LogP contribution < -0.4 is 11.1 Å². The van der Waals surface area contributed by atoms with E-state index in [1.165, 1.54) is 0 Å². The third-order valence-corrected chi connectivity index (χ3v) is 2.77. The number of hydrogen-bond donors (Lipinski definition) is 2. The summed E-state index contributed by atoms with van der Waals surface area (Å²) < 4.78 is 1.88. The summed E-state index contributed by atoms with van der Waals surface area (Å²) in [5.41, 5.74) is 7.13. The van der Waals surface area contributed by atoms with Gasteiger partial charge in [0, 0.05) is 25.0 Å². The fourth-order valence-electron chi connectivity index (χ4n) is 1.63. The lowest BCUT2D eigenvalue weighted by Crippen LogP contribution is -2.27. The number of hydrogen-bond acceptors (Lipinski definition) is 2. The minimum absolute atomic E-state index is 0.0370. The molecule has 1 aromatic rings. The van der Waals surface area contributed by atoms with Gasteiger partial charge < -0.3 is 15.6 Å². The molecule has 4 heteroatoms. The van der Waals surface area contributed by atoms with Crippen LogP contribution in [0.2, 0.25) is 0 Å². The lowest BCUT2D eigenvalue weighted by atomic mass is 10.00. The Morgan fingerprint density at radius 1 is 1.53 bits per heavy atom. The lowest BCUT2D eigenvalue weighted by molar-refractivity contribution is -0.121. The van der Waals surface area contributed by atoms with Crippen LogP contribution in [0.1, 0.15) is 38.8 Å². The normalized spacial score (nSPS) is 12.8. The molecule has 3 N–H and O–H groups in total. The van der Waals surface area contributed by atoms with Gasteiger partial charge in [-0.1, -0.05) is 20.8 Å². The fourth-order valence-corrected chi connectivity index (χ4v) is 1.63. The highest BCUT2D eigenvalue weighted by Gasteiger charge is 2.12. The topological polar surface area (TPSA) is 60.0 Å². The molecule has 4 nitrogen and oxygen atoms in total. The zero-order valence-electron chi connectivity index (χ0n) is 10.9. The first kappa shape index (κ1) is 13.8. The zero-order chi connectivity index (χ0) is 12.8. The van der Waals surface area contributed by atoms with E-state index in [0.29, 0.717) is 12.5 Å². The standard InChI is InChI=1S/C13H23N3O/c1-4-6-15-12(17)9-16-7-5-11(8-16)13(14)10(2)3/h5,7-8,10,13H,4,6,9,14H2,1-3H3,(H,15,17). The summed E-state index contributed by atoms with van der Waals surface area (Å²) in [6.45, 7) is 7.32. The fraction of sp³-hybridized carbons (Fsp3) is 0.615. The molecule has 0 saturated carbocycles. The largest absolute Gasteiger partial charge is 0.355 e. The average Bonchev–Trinajstić information content (AvgIpc) is 2.73. The summed E-state index contributed by atoms with van der Waals surface area (Å²) in [4.78, 5) is 11.5. The Morgan fingerprint density at radius 3 is 2.82 bits per heavy atom. The molecule has 0 spiro atoms. The molecule has 1 aromatic heterocycles. The maximum Gasteiger partial charge on any atom is 0.239 e. The number of nitrogens with zero attached hydrogens (tertiary/aromatic N) is 1. The molecular weight excluding hydrogens is 214 g/mol. The zero-order valence-corrected chi connectivity index (χ0v) is 10.9. The summed E-state index contributed by atoms with van der Waals surface area (Å²) >= 11 is 0. The van der Waals surface area contributed by atoms with E-state index in [2.05, 4.69) is 19.2 Å². The monoisotopic (exact) mass is 237 g/mol. The molecule has 1 unspecified atom stereocenters. The number of nitrogens with one attached hydrogen (secondary N) is 1. The van der Waals surface area contributed by atoms with Crippen molar-refractivity contribution in [2.45, 2.75) is 39.8 Å². The van der Waals surface area contributed by atoms with Gasteiger partial charge >= 0.3 is 0 Å². The van der Waals surface area contributed by atoms with Crippen molar-refractivity contribution in [2.24, 2.45) is 11.7 Å². The van der Waals surface area contributed by atoms with Gasteiger partial charge in [0.1, 0.15) is 6.54 Å². The molecule has 0 fully saturated rings. The van der Waals surface area contributed by atoms with Crippen LogP contribution in [-0.2, 0) is 11.3 Å². The molecule has 96 valence electrons. The molecule has 17 heavy (non-hydrogen) atoms. The number of amides is 1. The van der Waals surface area contributed by atoms with Gasteiger partial charge in [-0.3, -0.25) is 4.79 Å². The third kappa shape index (κ3) is 4.23. The van der Waals surface area contributed by atoms with Crippen molar-refractivity contribution >= 4 is 5.91 Å². The van der Waals surface area contributed by atoms with Crippen molar-refractivity contribution in [3.63, 3.8) is 0 Å². The Hall–Kier alpha value is -1.29. The molecule has 0 aliphatic rings. The van der Waals surface area contributed by atoms with Crippen LogP contribution >= 0.6 is 0 Å². The van der Waals surface area contributed by atoms with Crippen LogP contribution in [0, 0.1) is 5.92 Å². The van der Waals surface area contributed by atoms with E-state index in [4.69, 9.17) is 5.73 Å². The van der Waals surface area contributed by atoms with E-state index in [-0.39, 0.29) is 11.9 Å². The number of nitrogens with two attached hydrogens (primary N) is 1. The van der Waals surface area contributed by atoms with Gasteiger partial charge in [0.05, 0.1) is 0 Å². The second-order valence-electron chi connectivity index (χ2n) is 4.74. The summed E-state index contributed by atoms with van der Waals surface area (Å²) in [5.74, 6) is 0.451. The molecule has 0 aromatic carbocycles. The lowest BCUT2D eigenvalue weighted by Gasteiger charge is -2.13. The summed E-state index contributed by atoms with van der Waals surface area (Å²) in [6, 6.07) is 2.02. The second-order valence-corrected chi connectivity index (χ2v) is 4.74. The second kappa shape index (κ2) is 6.45. The Morgan fingerprint density at radius 2 is 2.24 bits per heavy atom. The van der Waals surface area contributed by atoms with Crippen molar-refractivity contribution in [1.82, 2.24) is 9.88 Å². The van der Waals surface area contributed by atoms with Gasteiger partial charge in [-0.15, -0.1) is 0 Å². The van der Waals surface area contributed by atoms with Crippen LogP contribution in [0.4, 0.5) is 0 Å². The maximum atomic E-state index is 11.5. The van der Waals surface area contributed by atoms with Gasteiger partial charge in [-0.25, -0.2) is 0 Å². The smallest absolute Gasteiger partial charge is 0.239 e. The molecule has 1 atom stereocenters. The third-order valence-electron chi connectivity index (χ3n) is 2.77. The van der Waals surface area contributed by atoms with Crippen LogP contribution in [0.25, 0.3) is 0 Å². The van der Waals surface area contributed by atoms with Crippen LogP contribution in [0.5, 0.6) is 0 Å². The Balaban J connectivity index is 2.53. The minimum atomic E-state index is 0.0370. The highest BCUT2D eigenvalue weighted by Crippen LogP contribution is 2.18. The van der Waals surface area contributed by atoms with E-state index in [1.807, 2.05) is 30.0 Å².